The number of nitrogens with one attached hydrogen (secondary N) is 1. The summed E-state index contributed by atoms with van der Waals surface area (Å²) >= 11 is 1.51. The van der Waals surface area contributed by atoms with Gasteiger partial charge in [-0.1, -0.05) is 12.1 Å². The molecule has 1 aromatic carbocycles. The van der Waals surface area contributed by atoms with Crippen LogP contribution in [-0.2, 0) is 6.54 Å². The number of ether oxygens (including phenoxy) is 1. The molecule has 0 aliphatic rings. The summed E-state index contributed by atoms with van der Waals surface area (Å²) in [6.07, 6.45) is 0.169. The fraction of sp³-hybridized carbons (Fsp3) is 0.312. The number of benzene rings is 1. The highest BCUT2D eigenvalue weighted by molar-refractivity contribution is 7.13. The smallest absolute Gasteiger partial charge is 0.261 e. The molecule has 0 spiro atoms. The van der Waals surface area contributed by atoms with Crippen LogP contribution in [0.1, 0.15) is 34.0 Å². The fourth-order valence-corrected chi connectivity index (χ4v) is 2.57. The molecule has 0 saturated carbocycles. The van der Waals surface area contributed by atoms with Gasteiger partial charge < -0.3 is 10.1 Å². The quantitative estimate of drug-likeness (QED) is 0.910. The van der Waals surface area contributed by atoms with Gasteiger partial charge in [0.15, 0.2) is 0 Å². The Balaban J connectivity index is 1.89. The summed E-state index contributed by atoms with van der Waals surface area (Å²) < 4.78 is 5.58. The van der Waals surface area contributed by atoms with E-state index in [1.54, 1.807) is 0 Å². The Morgan fingerprint density at radius 3 is 2.45 bits per heavy atom. The van der Waals surface area contributed by atoms with Crippen molar-refractivity contribution >= 4 is 17.2 Å². The second-order valence-electron chi connectivity index (χ2n) is 4.90. The molecule has 1 N–H and O–H groups in total. The standard InChI is InChI=1S/C16H19NO2S/c1-11(2)19-14-7-5-13(6-8-14)10-17-16(18)15-9-4-12(3)20-15/h4-9,11H,10H2,1-3H3,(H,17,18). The maximum atomic E-state index is 11.9. The predicted molar refractivity (Wildman–Crippen MR) is 82.4 cm³/mol. The number of carbonyl (C=O) groups excluding carboxylic acids is 1. The minimum absolute atomic E-state index is 0.0226. The topological polar surface area (TPSA) is 38.3 Å². The lowest BCUT2D eigenvalue weighted by atomic mass is 10.2. The van der Waals surface area contributed by atoms with Crippen molar-refractivity contribution < 1.29 is 9.53 Å². The van der Waals surface area contributed by atoms with Crippen LogP contribution in [0.15, 0.2) is 36.4 Å². The molecule has 106 valence electrons. The van der Waals surface area contributed by atoms with Crippen molar-refractivity contribution in [3.8, 4) is 5.75 Å². The number of hydrogen-bond acceptors (Lipinski definition) is 3. The molecule has 0 unspecified atom stereocenters. The van der Waals surface area contributed by atoms with Gasteiger partial charge in [0.05, 0.1) is 11.0 Å². The molecule has 0 saturated heterocycles. The highest BCUT2D eigenvalue weighted by Gasteiger charge is 2.07. The Morgan fingerprint density at radius 1 is 1.20 bits per heavy atom. The van der Waals surface area contributed by atoms with Gasteiger partial charge in [-0.2, -0.15) is 0 Å². The average Bonchev–Trinajstić information content (AvgIpc) is 2.84. The number of aryl methyl sites for hydroxylation is 1. The van der Waals surface area contributed by atoms with Crippen molar-refractivity contribution in [3.63, 3.8) is 0 Å². The zero-order valence-electron chi connectivity index (χ0n) is 12.0. The van der Waals surface area contributed by atoms with Crippen LogP contribution in [0.3, 0.4) is 0 Å². The maximum Gasteiger partial charge on any atom is 0.261 e. The first kappa shape index (κ1) is 14.6. The van der Waals surface area contributed by atoms with Gasteiger partial charge in [0.25, 0.3) is 5.91 Å². The summed E-state index contributed by atoms with van der Waals surface area (Å²) in [5.74, 6) is 0.828. The van der Waals surface area contributed by atoms with E-state index in [0.717, 1.165) is 21.1 Å². The minimum Gasteiger partial charge on any atom is -0.491 e. The van der Waals surface area contributed by atoms with Gasteiger partial charge in [-0.25, -0.2) is 0 Å². The second-order valence-corrected chi connectivity index (χ2v) is 6.19. The number of hydrogen-bond donors (Lipinski definition) is 1. The van der Waals surface area contributed by atoms with E-state index < -0.39 is 0 Å². The molecule has 2 aromatic rings. The van der Waals surface area contributed by atoms with Gasteiger partial charge in [-0.15, -0.1) is 11.3 Å². The Bertz CT molecular complexity index is 572. The summed E-state index contributed by atoms with van der Waals surface area (Å²) in [6.45, 7) is 6.51. The first-order chi connectivity index (χ1) is 9.54. The zero-order chi connectivity index (χ0) is 14.5. The van der Waals surface area contributed by atoms with Crippen LogP contribution in [-0.4, -0.2) is 12.0 Å². The third-order valence-electron chi connectivity index (χ3n) is 2.71. The fourth-order valence-electron chi connectivity index (χ4n) is 1.78. The lowest BCUT2D eigenvalue weighted by molar-refractivity contribution is 0.0955. The van der Waals surface area contributed by atoms with E-state index in [1.807, 2.05) is 57.2 Å². The second kappa shape index (κ2) is 6.57. The Morgan fingerprint density at radius 2 is 1.90 bits per heavy atom. The zero-order valence-corrected chi connectivity index (χ0v) is 12.8. The minimum atomic E-state index is -0.0226. The number of rotatable bonds is 5. The molecular weight excluding hydrogens is 270 g/mol. The van der Waals surface area contributed by atoms with E-state index in [-0.39, 0.29) is 12.0 Å². The molecule has 0 aliphatic heterocycles. The highest BCUT2D eigenvalue weighted by Crippen LogP contribution is 2.16. The van der Waals surface area contributed by atoms with Crippen LogP contribution in [0, 0.1) is 6.92 Å². The monoisotopic (exact) mass is 289 g/mol. The molecule has 0 bridgehead atoms. The van der Waals surface area contributed by atoms with E-state index in [1.165, 1.54) is 11.3 Å². The molecule has 0 fully saturated rings. The Hall–Kier alpha value is -1.81. The van der Waals surface area contributed by atoms with Gasteiger partial charge in [0, 0.05) is 11.4 Å². The largest absolute Gasteiger partial charge is 0.491 e. The first-order valence-electron chi connectivity index (χ1n) is 6.65. The van der Waals surface area contributed by atoms with Crippen molar-refractivity contribution in [2.75, 3.05) is 0 Å². The molecule has 1 heterocycles. The van der Waals surface area contributed by atoms with E-state index in [9.17, 15) is 4.79 Å². The molecule has 2 rings (SSSR count). The van der Waals surface area contributed by atoms with Gasteiger partial charge in [-0.05, 0) is 50.6 Å². The maximum absolute atomic E-state index is 11.9. The SMILES string of the molecule is Cc1ccc(C(=O)NCc2ccc(OC(C)C)cc2)s1. The van der Waals surface area contributed by atoms with Crippen LogP contribution in [0.2, 0.25) is 0 Å². The molecule has 1 aromatic heterocycles. The van der Waals surface area contributed by atoms with Gasteiger partial charge in [0.1, 0.15) is 5.75 Å². The highest BCUT2D eigenvalue weighted by atomic mass is 32.1. The summed E-state index contributed by atoms with van der Waals surface area (Å²) in [5.41, 5.74) is 1.06. The molecule has 0 aliphatic carbocycles. The third kappa shape index (κ3) is 4.10. The van der Waals surface area contributed by atoms with Crippen molar-refractivity contribution in [1.82, 2.24) is 5.32 Å². The summed E-state index contributed by atoms with van der Waals surface area (Å²) in [7, 11) is 0. The molecule has 1 amide bonds. The van der Waals surface area contributed by atoms with Gasteiger partial charge in [-0.3, -0.25) is 4.79 Å². The van der Waals surface area contributed by atoms with Gasteiger partial charge >= 0.3 is 0 Å². The predicted octanol–water partition coefficient (Wildman–Crippen LogP) is 3.77. The normalized spacial score (nSPS) is 10.6. The third-order valence-corrected chi connectivity index (χ3v) is 3.71. The first-order valence-corrected chi connectivity index (χ1v) is 7.46. The van der Waals surface area contributed by atoms with Crippen LogP contribution >= 0.6 is 11.3 Å². The van der Waals surface area contributed by atoms with E-state index in [4.69, 9.17) is 4.74 Å². The average molecular weight is 289 g/mol. The summed E-state index contributed by atoms with van der Waals surface area (Å²) in [6, 6.07) is 11.6. The Labute approximate surface area is 123 Å². The molecule has 4 heteroatoms. The molecule has 0 radical (unpaired) electrons. The van der Waals surface area contributed by atoms with E-state index in [0.29, 0.717) is 6.54 Å². The lowest BCUT2D eigenvalue weighted by Crippen LogP contribution is -2.21. The van der Waals surface area contributed by atoms with E-state index in [2.05, 4.69) is 5.32 Å². The summed E-state index contributed by atoms with van der Waals surface area (Å²) in [4.78, 5) is 13.8. The van der Waals surface area contributed by atoms with Gasteiger partial charge in [0.2, 0.25) is 0 Å². The van der Waals surface area contributed by atoms with Crippen LogP contribution in [0.25, 0.3) is 0 Å². The molecular formula is C16H19NO2S. The number of thiophene rings is 1. The van der Waals surface area contributed by atoms with Crippen LogP contribution in [0.4, 0.5) is 0 Å². The Kier molecular flexibility index (Phi) is 4.79. The van der Waals surface area contributed by atoms with Crippen molar-refractivity contribution in [1.29, 1.82) is 0 Å². The summed E-state index contributed by atoms with van der Waals surface area (Å²) in [5, 5.41) is 2.92. The lowest BCUT2D eigenvalue weighted by Gasteiger charge is -2.10. The number of amides is 1. The van der Waals surface area contributed by atoms with Crippen molar-refractivity contribution in [2.45, 2.75) is 33.4 Å². The van der Waals surface area contributed by atoms with Crippen LogP contribution < -0.4 is 10.1 Å². The van der Waals surface area contributed by atoms with Crippen molar-refractivity contribution in [3.05, 3.63) is 51.7 Å². The molecule has 20 heavy (non-hydrogen) atoms. The number of carbonyl (C=O) groups is 1. The van der Waals surface area contributed by atoms with Crippen molar-refractivity contribution in [2.24, 2.45) is 0 Å². The molecule has 3 nitrogen and oxygen atoms in total. The van der Waals surface area contributed by atoms with Crippen LogP contribution in [0.5, 0.6) is 5.75 Å². The van der Waals surface area contributed by atoms with E-state index >= 15 is 0 Å². The molecule has 0 atom stereocenters.